The first-order valence-electron chi connectivity index (χ1n) is 8.20. The average Bonchev–Trinajstić information content (AvgIpc) is 2.55. The smallest absolute Gasteiger partial charge is 0.274 e. The fraction of sp³-hybridized carbons (Fsp3) is 0.688. The first-order chi connectivity index (χ1) is 10.7. The van der Waals surface area contributed by atoms with Crippen LogP contribution in [0.3, 0.4) is 0 Å². The highest BCUT2D eigenvalue weighted by molar-refractivity contribution is 5.92. The predicted octanol–water partition coefficient (Wildman–Crippen LogP) is 1.49. The second-order valence-electron chi connectivity index (χ2n) is 5.84. The minimum absolute atomic E-state index is 0.00955. The molecule has 1 fully saturated rings. The molecular weight excluding hydrogens is 278 g/mol. The van der Waals surface area contributed by atoms with Gasteiger partial charge in [0, 0.05) is 39.3 Å². The summed E-state index contributed by atoms with van der Waals surface area (Å²) in [5.74, 6) is 0.850. The number of likely N-dealkylation sites (N-methyl/N-ethyl adjacent to an activating group) is 1. The third kappa shape index (κ3) is 4.16. The lowest BCUT2D eigenvalue weighted by molar-refractivity contribution is 0.0658. The zero-order chi connectivity index (χ0) is 15.9. The number of aromatic nitrogens is 2. The quantitative estimate of drug-likeness (QED) is 0.797. The number of amides is 1. The van der Waals surface area contributed by atoms with Crippen LogP contribution in [-0.4, -0.2) is 72.0 Å². The van der Waals surface area contributed by atoms with Gasteiger partial charge >= 0.3 is 0 Å². The van der Waals surface area contributed by atoms with Crippen LogP contribution in [0.15, 0.2) is 12.4 Å². The van der Waals surface area contributed by atoms with Crippen LogP contribution in [0, 0.1) is 0 Å². The van der Waals surface area contributed by atoms with Crippen LogP contribution in [0.2, 0.25) is 0 Å². The van der Waals surface area contributed by atoms with Crippen LogP contribution in [0.4, 0.5) is 5.82 Å². The minimum Gasteiger partial charge on any atom is -0.355 e. The maximum atomic E-state index is 12.4. The van der Waals surface area contributed by atoms with Crippen LogP contribution in [-0.2, 0) is 0 Å². The van der Waals surface area contributed by atoms with E-state index in [1.807, 2.05) is 4.90 Å². The van der Waals surface area contributed by atoms with Crippen molar-refractivity contribution < 1.29 is 4.79 Å². The molecular formula is C16H27N5O. The topological polar surface area (TPSA) is 52.6 Å². The van der Waals surface area contributed by atoms with Crippen molar-refractivity contribution in [3.63, 3.8) is 0 Å². The van der Waals surface area contributed by atoms with E-state index in [-0.39, 0.29) is 5.91 Å². The Balaban J connectivity index is 2.02. The van der Waals surface area contributed by atoms with E-state index in [4.69, 9.17) is 0 Å². The summed E-state index contributed by atoms with van der Waals surface area (Å²) < 4.78 is 0. The van der Waals surface area contributed by atoms with E-state index in [0.29, 0.717) is 5.69 Å². The minimum atomic E-state index is -0.00955. The molecule has 0 spiro atoms. The largest absolute Gasteiger partial charge is 0.355 e. The summed E-state index contributed by atoms with van der Waals surface area (Å²) in [6.45, 7) is 9.59. The lowest BCUT2D eigenvalue weighted by Gasteiger charge is -2.32. The van der Waals surface area contributed by atoms with Gasteiger partial charge in [-0.15, -0.1) is 0 Å². The van der Waals surface area contributed by atoms with E-state index in [0.717, 1.165) is 57.9 Å². The zero-order valence-electron chi connectivity index (χ0n) is 14.0. The first-order valence-corrected chi connectivity index (χ1v) is 8.20. The third-order valence-corrected chi connectivity index (χ3v) is 3.96. The Morgan fingerprint density at radius 2 is 1.73 bits per heavy atom. The highest BCUT2D eigenvalue weighted by Crippen LogP contribution is 2.12. The van der Waals surface area contributed by atoms with Gasteiger partial charge in [0.25, 0.3) is 5.91 Å². The van der Waals surface area contributed by atoms with Crippen molar-refractivity contribution in [3.8, 4) is 0 Å². The van der Waals surface area contributed by atoms with Crippen molar-refractivity contribution in [2.75, 3.05) is 51.2 Å². The van der Waals surface area contributed by atoms with Gasteiger partial charge in [-0.2, -0.15) is 0 Å². The number of carbonyl (C=O) groups is 1. The molecule has 0 aliphatic carbocycles. The van der Waals surface area contributed by atoms with Gasteiger partial charge in [0.05, 0.1) is 12.4 Å². The molecule has 6 nitrogen and oxygen atoms in total. The molecule has 0 atom stereocenters. The maximum absolute atomic E-state index is 12.4. The molecule has 1 aromatic rings. The van der Waals surface area contributed by atoms with E-state index in [1.54, 1.807) is 12.4 Å². The standard InChI is InChI=1S/C16H27N5O/c1-4-6-20(7-5-2)15-13-17-14(12-18-15)16(22)21-10-8-19(3)9-11-21/h12-13H,4-11H2,1-3H3. The number of anilines is 1. The molecule has 1 aliphatic rings. The van der Waals surface area contributed by atoms with Gasteiger partial charge < -0.3 is 14.7 Å². The van der Waals surface area contributed by atoms with Crippen LogP contribution >= 0.6 is 0 Å². The molecule has 1 saturated heterocycles. The van der Waals surface area contributed by atoms with Crippen LogP contribution in [0.1, 0.15) is 37.2 Å². The van der Waals surface area contributed by atoms with E-state index in [2.05, 4.69) is 40.7 Å². The SMILES string of the molecule is CCCN(CCC)c1cnc(C(=O)N2CCN(C)CC2)cn1. The van der Waals surface area contributed by atoms with Gasteiger partial charge in [-0.25, -0.2) is 9.97 Å². The van der Waals surface area contributed by atoms with Crippen LogP contribution < -0.4 is 4.90 Å². The molecule has 0 aromatic carbocycles. The number of hydrogen-bond acceptors (Lipinski definition) is 5. The van der Waals surface area contributed by atoms with Gasteiger partial charge in [-0.1, -0.05) is 13.8 Å². The Hall–Kier alpha value is -1.69. The lowest BCUT2D eigenvalue weighted by atomic mass is 10.3. The summed E-state index contributed by atoms with van der Waals surface area (Å²) in [5, 5.41) is 0. The second kappa shape index (κ2) is 8.08. The Kier molecular flexibility index (Phi) is 6.12. The predicted molar refractivity (Wildman–Crippen MR) is 88.2 cm³/mol. The molecule has 0 N–H and O–H groups in total. The van der Waals surface area contributed by atoms with Crippen molar-refractivity contribution in [1.29, 1.82) is 0 Å². The lowest BCUT2D eigenvalue weighted by Crippen LogP contribution is -2.47. The molecule has 1 aromatic heterocycles. The van der Waals surface area contributed by atoms with E-state index < -0.39 is 0 Å². The Morgan fingerprint density at radius 3 is 2.23 bits per heavy atom. The van der Waals surface area contributed by atoms with Gasteiger partial charge in [-0.05, 0) is 19.9 Å². The number of piperazine rings is 1. The maximum Gasteiger partial charge on any atom is 0.274 e. The summed E-state index contributed by atoms with van der Waals surface area (Å²) in [4.78, 5) is 27.5. The molecule has 0 saturated carbocycles. The second-order valence-corrected chi connectivity index (χ2v) is 5.84. The summed E-state index contributed by atoms with van der Waals surface area (Å²) in [6, 6.07) is 0. The van der Waals surface area contributed by atoms with Crippen LogP contribution in [0.25, 0.3) is 0 Å². The molecule has 0 unspecified atom stereocenters. The zero-order valence-corrected chi connectivity index (χ0v) is 14.0. The number of hydrogen-bond donors (Lipinski definition) is 0. The van der Waals surface area contributed by atoms with Crippen molar-refractivity contribution >= 4 is 11.7 Å². The van der Waals surface area contributed by atoms with Gasteiger partial charge in [0.1, 0.15) is 11.5 Å². The average molecular weight is 305 g/mol. The van der Waals surface area contributed by atoms with Crippen molar-refractivity contribution in [1.82, 2.24) is 19.8 Å². The highest BCUT2D eigenvalue weighted by atomic mass is 16.2. The van der Waals surface area contributed by atoms with Crippen molar-refractivity contribution in [3.05, 3.63) is 18.1 Å². The Bertz CT molecular complexity index is 462. The van der Waals surface area contributed by atoms with E-state index in [9.17, 15) is 4.79 Å². The van der Waals surface area contributed by atoms with Gasteiger partial charge in [-0.3, -0.25) is 4.79 Å². The molecule has 1 aliphatic heterocycles. The van der Waals surface area contributed by atoms with E-state index in [1.165, 1.54) is 0 Å². The molecule has 0 radical (unpaired) electrons. The molecule has 6 heteroatoms. The first kappa shape index (κ1) is 16.7. The summed E-state index contributed by atoms with van der Waals surface area (Å²) in [7, 11) is 2.08. The number of nitrogens with zero attached hydrogens (tertiary/aromatic N) is 5. The molecule has 2 heterocycles. The summed E-state index contributed by atoms with van der Waals surface area (Å²) >= 11 is 0. The molecule has 2 rings (SSSR count). The molecule has 1 amide bonds. The van der Waals surface area contributed by atoms with Crippen LogP contribution in [0.5, 0.6) is 0 Å². The number of carbonyl (C=O) groups excluding carboxylic acids is 1. The number of rotatable bonds is 6. The molecule has 22 heavy (non-hydrogen) atoms. The third-order valence-electron chi connectivity index (χ3n) is 3.96. The Morgan fingerprint density at radius 1 is 1.09 bits per heavy atom. The molecule has 0 bridgehead atoms. The fourth-order valence-corrected chi connectivity index (χ4v) is 2.65. The van der Waals surface area contributed by atoms with Gasteiger partial charge in [0.2, 0.25) is 0 Å². The van der Waals surface area contributed by atoms with Crippen molar-refractivity contribution in [2.45, 2.75) is 26.7 Å². The Labute approximate surface area is 133 Å². The monoisotopic (exact) mass is 305 g/mol. The molecule has 122 valence electrons. The fourth-order valence-electron chi connectivity index (χ4n) is 2.65. The normalized spacial score (nSPS) is 15.9. The van der Waals surface area contributed by atoms with E-state index >= 15 is 0 Å². The highest BCUT2D eigenvalue weighted by Gasteiger charge is 2.21. The van der Waals surface area contributed by atoms with Crippen molar-refractivity contribution in [2.24, 2.45) is 0 Å². The summed E-state index contributed by atoms with van der Waals surface area (Å²) in [5.41, 5.74) is 0.446. The summed E-state index contributed by atoms with van der Waals surface area (Å²) in [6.07, 6.45) is 5.50. The van der Waals surface area contributed by atoms with Gasteiger partial charge in [0.15, 0.2) is 0 Å².